The summed E-state index contributed by atoms with van der Waals surface area (Å²) in [6, 6.07) is 9.31. The van der Waals surface area contributed by atoms with E-state index < -0.39 is 113 Å². The maximum Gasteiger partial charge on any atom is 0.143 e. The van der Waals surface area contributed by atoms with Crippen LogP contribution in [0.2, 0.25) is 0 Å². The van der Waals surface area contributed by atoms with Crippen molar-refractivity contribution in [3.05, 3.63) is 157 Å². The van der Waals surface area contributed by atoms with E-state index in [4.69, 9.17) is 21.2 Å². The van der Waals surface area contributed by atoms with Crippen LogP contribution in [-0.4, -0.2) is 0 Å². The topological polar surface area (TPSA) is 26.3 Å². The first-order valence-corrected chi connectivity index (χ1v) is 14.5. The van der Waals surface area contributed by atoms with Gasteiger partial charge in [-0.25, -0.2) is 0 Å². The van der Waals surface area contributed by atoms with Crippen molar-refractivity contribution in [1.82, 2.24) is 0 Å². The zero-order valence-electron chi connectivity index (χ0n) is 38.7. The van der Waals surface area contributed by atoms with Crippen LogP contribution in [0, 0.1) is 0 Å². The Hall–Kier alpha value is -6.12. The SMILES string of the molecule is [2H]c1c([2H])c([2H])c2c([2H])c(-c3c4c([2H])c([2H])c([2H])c([2H])c4c(-c4c(-c5ccccc5)oc5cc6c(cc45)oc4ccccc46)c4c([2H])c([2H])c([2H])c([2H])c34)c([2H])c([2H])c2c1[2H]. The van der Waals surface area contributed by atoms with Gasteiger partial charge in [-0.2, -0.15) is 0 Å². The lowest BCUT2D eigenvalue weighted by molar-refractivity contribution is 0.632. The summed E-state index contributed by atoms with van der Waals surface area (Å²) in [7, 11) is 0. The lowest BCUT2D eigenvalue weighted by atomic mass is 9.84. The highest BCUT2D eigenvalue weighted by Crippen LogP contribution is 2.50. The van der Waals surface area contributed by atoms with Gasteiger partial charge in [0, 0.05) is 32.8 Å². The minimum absolute atomic E-state index is 0.0623. The average Bonchev–Trinajstić information content (AvgIpc) is 3.82. The predicted octanol–water partition coefficient (Wildman–Crippen LogP) is 12.8. The number of para-hydroxylation sites is 1. The van der Waals surface area contributed by atoms with E-state index in [1.807, 2.05) is 18.2 Å². The van der Waals surface area contributed by atoms with Crippen molar-refractivity contribution < 1.29 is 29.4 Å². The van der Waals surface area contributed by atoms with Crippen molar-refractivity contribution in [3.63, 3.8) is 0 Å². The molecule has 2 heteroatoms. The molecule has 0 fully saturated rings. The number of fused-ring (bicyclic) bond motifs is 7. The van der Waals surface area contributed by atoms with Crippen LogP contribution in [0.1, 0.15) is 20.6 Å². The summed E-state index contributed by atoms with van der Waals surface area (Å²) >= 11 is 0. The summed E-state index contributed by atoms with van der Waals surface area (Å²) in [6.45, 7) is 0. The molecule has 0 aliphatic rings. The molecule has 0 spiro atoms. The Kier molecular flexibility index (Phi) is 3.11. The molecule has 214 valence electrons. The first-order valence-electron chi connectivity index (χ1n) is 22.0. The molecule has 0 bridgehead atoms. The first kappa shape index (κ1) is 14.8. The fourth-order valence-electron chi connectivity index (χ4n) is 6.39. The molecule has 0 atom stereocenters. The molecular weight excluding hydrogens is 560 g/mol. The Balaban J connectivity index is 1.53. The highest BCUT2D eigenvalue weighted by atomic mass is 16.3. The molecule has 0 aliphatic heterocycles. The van der Waals surface area contributed by atoms with Gasteiger partial charge in [-0.1, -0.05) is 133 Å². The van der Waals surface area contributed by atoms with Crippen LogP contribution < -0.4 is 0 Å². The molecular formula is C44H26O2. The summed E-state index contributed by atoms with van der Waals surface area (Å²) in [4.78, 5) is 0. The summed E-state index contributed by atoms with van der Waals surface area (Å²) in [5.74, 6) is 0.195. The third kappa shape index (κ3) is 3.65. The van der Waals surface area contributed by atoms with Crippen molar-refractivity contribution in [2.24, 2.45) is 0 Å². The molecule has 0 radical (unpaired) electrons. The van der Waals surface area contributed by atoms with Crippen molar-refractivity contribution in [2.75, 3.05) is 0 Å². The molecule has 2 nitrogen and oxygen atoms in total. The first-order chi connectivity index (χ1) is 29.1. The maximum absolute atomic E-state index is 9.54. The largest absolute Gasteiger partial charge is 0.456 e. The third-order valence-electron chi connectivity index (χ3n) is 8.35. The highest BCUT2D eigenvalue weighted by Gasteiger charge is 2.25. The second kappa shape index (κ2) is 9.69. The summed E-state index contributed by atoms with van der Waals surface area (Å²) in [5, 5.41) is -0.178. The third-order valence-corrected chi connectivity index (χ3v) is 8.35. The maximum atomic E-state index is 9.54. The van der Waals surface area contributed by atoms with E-state index >= 15 is 0 Å². The van der Waals surface area contributed by atoms with E-state index in [0.29, 0.717) is 33.1 Å². The minimum Gasteiger partial charge on any atom is -0.456 e. The number of rotatable bonds is 3. The number of furan rings is 2. The molecule has 8 aromatic carbocycles. The molecule has 0 amide bonds. The fourth-order valence-corrected chi connectivity index (χ4v) is 6.39. The van der Waals surface area contributed by atoms with Gasteiger partial charge in [0.1, 0.15) is 22.5 Å². The highest BCUT2D eigenvalue weighted by molar-refractivity contribution is 6.26. The fraction of sp³-hybridized carbons (Fsp3) is 0. The Morgan fingerprint density at radius 3 is 1.76 bits per heavy atom. The smallest absolute Gasteiger partial charge is 0.143 e. The lowest BCUT2D eigenvalue weighted by Gasteiger charge is -2.18. The monoisotopic (exact) mass is 601 g/mol. The van der Waals surface area contributed by atoms with Crippen LogP contribution in [0.4, 0.5) is 0 Å². The van der Waals surface area contributed by atoms with Crippen LogP contribution in [-0.2, 0) is 0 Å². The van der Waals surface area contributed by atoms with Gasteiger partial charge in [-0.15, -0.1) is 0 Å². The lowest BCUT2D eigenvalue weighted by Crippen LogP contribution is -1.91. The van der Waals surface area contributed by atoms with Crippen LogP contribution in [0.5, 0.6) is 0 Å². The molecule has 10 rings (SSSR count). The Bertz CT molecular complexity index is 3570. The van der Waals surface area contributed by atoms with Gasteiger partial charge in [0.05, 0.1) is 20.6 Å². The second-order valence-electron chi connectivity index (χ2n) is 10.9. The van der Waals surface area contributed by atoms with Gasteiger partial charge >= 0.3 is 0 Å². The molecule has 10 aromatic rings. The quantitative estimate of drug-likeness (QED) is 0.188. The van der Waals surface area contributed by atoms with Crippen molar-refractivity contribution in [2.45, 2.75) is 0 Å². The van der Waals surface area contributed by atoms with Crippen molar-refractivity contribution in [3.8, 4) is 33.6 Å². The standard InChI is InChI=1S/C44H26O2/c1-2-13-28(14-3-1)44-43(37-26-39-36(25-40(37)46-44)31-16-10-11-21-38(31)45-39)42-34-19-8-6-17-32(34)41(33-18-7-9-20-35(33)42)30-23-22-27-12-4-5-15-29(27)24-30/h1-26H/i4D,5D,6D,7D,8D,9D,12D,15D,17D,18D,19D,20D,22D,23D,24D. The molecule has 0 N–H and O–H groups in total. The second-order valence-corrected chi connectivity index (χ2v) is 10.9. The van der Waals surface area contributed by atoms with Crippen molar-refractivity contribution in [1.29, 1.82) is 0 Å². The van der Waals surface area contributed by atoms with Crippen LogP contribution in [0.15, 0.2) is 166 Å². The number of hydrogen-bond acceptors (Lipinski definition) is 2. The van der Waals surface area contributed by atoms with Gasteiger partial charge in [-0.3, -0.25) is 0 Å². The summed E-state index contributed by atoms with van der Waals surface area (Å²) in [5.41, 5.74) is 1.08. The van der Waals surface area contributed by atoms with E-state index in [0.717, 1.165) is 5.39 Å². The molecule has 0 saturated carbocycles. The Morgan fingerprint density at radius 1 is 0.391 bits per heavy atom. The van der Waals surface area contributed by atoms with E-state index in [-0.39, 0.29) is 38.4 Å². The van der Waals surface area contributed by atoms with Gasteiger partial charge < -0.3 is 8.83 Å². The van der Waals surface area contributed by atoms with Gasteiger partial charge in [0.15, 0.2) is 0 Å². The summed E-state index contributed by atoms with van der Waals surface area (Å²) in [6.07, 6.45) is 0. The van der Waals surface area contributed by atoms with Crippen LogP contribution >= 0.6 is 0 Å². The molecule has 2 heterocycles. The van der Waals surface area contributed by atoms with Crippen LogP contribution in [0.3, 0.4) is 0 Å². The van der Waals surface area contributed by atoms with E-state index in [9.17, 15) is 8.22 Å². The van der Waals surface area contributed by atoms with Crippen molar-refractivity contribution >= 4 is 65.2 Å². The molecule has 0 aliphatic carbocycles. The molecule has 0 saturated heterocycles. The van der Waals surface area contributed by atoms with E-state index in [2.05, 4.69) is 0 Å². The van der Waals surface area contributed by atoms with Gasteiger partial charge in [0.2, 0.25) is 0 Å². The zero-order valence-corrected chi connectivity index (χ0v) is 23.7. The summed E-state index contributed by atoms with van der Waals surface area (Å²) < 4.78 is 149. The van der Waals surface area contributed by atoms with Gasteiger partial charge in [-0.05, 0) is 67.7 Å². The van der Waals surface area contributed by atoms with E-state index in [1.54, 1.807) is 48.5 Å². The Morgan fingerprint density at radius 2 is 1.00 bits per heavy atom. The zero-order chi connectivity index (χ0) is 43.2. The van der Waals surface area contributed by atoms with E-state index in [1.165, 1.54) is 0 Å². The number of hydrogen-bond donors (Lipinski definition) is 0. The number of benzene rings is 8. The minimum atomic E-state index is -0.760. The average molecular weight is 602 g/mol. The molecule has 46 heavy (non-hydrogen) atoms. The Labute approximate surface area is 285 Å². The normalized spacial score (nSPS) is 16.5. The molecule has 0 unspecified atom stereocenters. The van der Waals surface area contributed by atoms with Gasteiger partial charge in [0.25, 0.3) is 0 Å². The van der Waals surface area contributed by atoms with Crippen LogP contribution in [0.25, 0.3) is 98.8 Å². The predicted molar refractivity (Wildman–Crippen MR) is 192 cm³/mol. The molecule has 2 aromatic heterocycles.